The minimum atomic E-state index is -4.37. The quantitative estimate of drug-likeness (QED) is 0.552. The molecule has 6 nitrogen and oxygen atoms in total. The molecule has 3 heterocycles. The number of fused-ring (bicyclic) bond motifs is 2. The maximum Gasteiger partial charge on any atom is 0.416 e. The van der Waals surface area contributed by atoms with Crippen molar-refractivity contribution in [1.82, 2.24) is 15.4 Å². The zero-order chi connectivity index (χ0) is 20.7. The van der Waals surface area contributed by atoms with E-state index in [4.69, 9.17) is 0 Å². The smallest absolute Gasteiger partial charge is 0.339 e. The van der Waals surface area contributed by atoms with E-state index < -0.39 is 11.7 Å². The van der Waals surface area contributed by atoms with Crippen LogP contribution >= 0.6 is 11.3 Å². The molecule has 152 valence electrons. The number of nitrogens with zero attached hydrogens (tertiary/aromatic N) is 3. The first-order chi connectivity index (χ1) is 14.5. The molecule has 0 fully saturated rings. The topological polar surface area (TPSA) is 74.2 Å². The van der Waals surface area contributed by atoms with Gasteiger partial charge in [-0.1, -0.05) is 6.08 Å². The van der Waals surface area contributed by atoms with Crippen LogP contribution in [0.4, 0.5) is 30.6 Å². The van der Waals surface area contributed by atoms with Crippen molar-refractivity contribution in [2.24, 2.45) is 11.0 Å². The van der Waals surface area contributed by atoms with Crippen molar-refractivity contribution in [2.75, 3.05) is 10.6 Å². The van der Waals surface area contributed by atoms with Crippen LogP contribution in [0.1, 0.15) is 5.56 Å². The summed E-state index contributed by atoms with van der Waals surface area (Å²) in [4.78, 5) is 9.02. The molecule has 1 aromatic carbocycles. The van der Waals surface area contributed by atoms with E-state index in [1.165, 1.54) is 23.5 Å². The number of hydrazone groups is 1. The summed E-state index contributed by atoms with van der Waals surface area (Å²) in [6.45, 7) is 0. The fourth-order valence-electron chi connectivity index (χ4n) is 3.28. The molecule has 10 heteroatoms. The van der Waals surface area contributed by atoms with Gasteiger partial charge in [-0.3, -0.25) is 0 Å². The average molecular weight is 428 g/mol. The maximum absolute atomic E-state index is 12.8. The van der Waals surface area contributed by atoms with E-state index in [9.17, 15) is 13.2 Å². The van der Waals surface area contributed by atoms with Crippen LogP contribution in [0.25, 0.3) is 10.2 Å². The summed E-state index contributed by atoms with van der Waals surface area (Å²) >= 11 is 1.51. The summed E-state index contributed by atoms with van der Waals surface area (Å²) in [6.07, 6.45) is 3.55. The zero-order valence-corrected chi connectivity index (χ0v) is 16.1. The van der Waals surface area contributed by atoms with Gasteiger partial charge in [0.1, 0.15) is 0 Å². The number of halogens is 3. The van der Waals surface area contributed by atoms with E-state index in [0.29, 0.717) is 17.5 Å². The normalized spacial score (nSPS) is 20.0. The lowest BCUT2D eigenvalue weighted by atomic mass is 9.96. The number of aromatic nitrogens is 2. The highest BCUT2D eigenvalue weighted by Gasteiger charge is 2.30. The first-order valence-corrected chi connectivity index (χ1v) is 9.99. The minimum Gasteiger partial charge on any atom is -0.339 e. The molecule has 1 aliphatic heterocycles. The number of thiophene rings is 1. The molecule has 2 aromatic heterocycles. The Morgan fingerprint density at radius 2 is 1.87 bits per heavy atom. The van der Waals surface area contributed by atoms with E-state index in [0.717, 1.165) is 28.0 Å². The van der Waals surface area contributed by atoms with Gasteiger partial charge in [0.25, 0.3) is 0 Å². The Labute approximate surface area is 173 Å². The lowest BCUT2D eigenvalue weighted by molar-refractivity contribution is -0.137. The monoisotopic (exact) mass is 428 g/mol. The first kappa shape index (κ1) is 18.6. The predicted molar refractivity (Wildman–Crippen MR) is 112 cm³/mol. The van der Waals surface area contributed by atoms with Gasteiger partial charge in [-0.15, -0.1) is 11.3 Å². The van der Waals surface area contributed by atoms with E-state index in [1.807, 2.05) is 29.8 Å². The molecule has 2 atom stereocenters. The molecule has 2 unspecified atom stereocenters. The molecular weight excluding hydrogens is 413 g/mol. The SMILES string of the molecule is FC(F)(F)c1ccc(Nc2nc(NC3=CC4C=NNC4C=C3)c3sccc3n2)cc1. The summed E-state index contributed by atoms with van der Waals surface area (Å²) in [7, 11) is 0. The van der Waals surface area contributed by atoms with Gasteiger partial charge < -0.3 is 16.1 Å². The first-order valence-electron chi connectivity index (χ1n) is 9.11. The lowest BCUT2D eigenvalue weighted by Crippen LogP contribution is -2.26. The van der Waals surface area contributed by atoms with Gasteiger partial charge in [0, 0.05) is 23.5 Å². The van der Waals surface area contributed by atoms with Crippen molar-refractivity contribution in [1.29, 1.82) is 0 Å². The van der Waals surface area contributed by atoms with Gasteiger partial charge in [-0.2, -0.15) is 23.3 Å². The van der Waals surface area contributed by atoms with Crippen LogP contribution in [0.5, 0.6) is 0 Å². The molecule has 0 bridgehead atoms. The van der Waals surface area contributed by atoms with E-state index in [1.54, 1.807) is 0 Å². The van der Waals surface area contributed by atoms with E-state index in [-0.39, 0.29) is 12.0 Å². The van der Waals surface area contributed by atoms with Crippen molar-refractivity contribution >= 4 is 45.2 Å². The van der Waals surface area contributed by atoms with Crippen molar-refractivity contribution < 1.29 is 13.2 Å². The van der Waals surface area contributed by atoms with Crippen molar-refractivity contribution in [3.05, 3.63) is 65.2 Å². The molecule has 0 radical (unpaired) electrons. The molecule has 0 spiro atoms. The highest BCUT2D eigenvalue weighted by molar-refractivity contribution is 7.17. The minimum absolute atomic E-state index is 0.166. The molecule has 3 N–H and O–H groups in total. The van der Waals surface area contributed by atoms with Gasteiger partial charge in [0.2, 0.25) is 5.95 Å². The second kappa shape index (κ2) is 7.13. The van der Waals surface area contributed by atoms with Crippen LogP contribution in [-0.2, 0) is 6.18 Å². The molecule has 0 saturated carbocycles. The second-order valence-electron chi connectivity index (χ2n) is 6.85. The maximum atomic E-state index is 12.8. The van der Waals surface area contributed by atoms with E-state index in [2.05, 4.69) is 37.2 Å². The number of allylic oxidation sites excluding steroid dienone is 1. The molecule has 5 rings (SSSR count). The Kier molecular flexibility index (Phi) is 4.43. The number of alkyl halides is 3. The summed E-state index contributed by atoms with van der Waals surface area (Å²) in [5.41, 5.74) is 4.42. The summed E-state index contributed by atoms with van der Waals surface area (Å²) in [5.74, 6) is 1.09. The Hall–Kier alpha value is -3.40. The Balaban J connectivity index is 1.42. The van der Waals surface area contributed by atoms with Crippen LogP contribution < -0.4 is 16.1 Å². The lowest BCUT2D eigenvalue weighted by Gasteiger charge is -2.18. The number of rotatable bonds is 4. The number of nitrogens with one attached hydrogen (secondary N) is 3. The average Bonchev–Trinajstić information content (AvgIpc) is 3.36. The van der Waals surface area contributed by atoms with Crippen LogP contribution in [0.2, 0.25) is 0 Å². The molecule has 1 aliphatic carbocycles. The molecule has 0 saturated heterocycles. The number of hydrogen-bond acceptors (Lipinski definition) is 7. The molecule has 30 heavy (non-hydrogen) atoms. The van der Waals surface area contributed by atoms with Gasteiger partial charge in [0.15, 0.2) is 5.82 Å². The molecular formula is C20H15F3N6S. The van der Waals surface area contributed by atoms with E-state index >= 15 is 0 Å². The third-order valence-electron chi connectivity index (χ3n) is 4.77. The second-order valence-corrected chi connectivity index (χ2v) is 7.76. The summed E-state index contributed by atoms with van der Waals surface area (Å²) in [6, 6.07) is 6.80. The summed E-state index contributed by atoms with van der Waals surface area (Å²) < 4.78 is 39.2. The van der Waals surface area contributed by atoms with Gasteiger partial charge in [-0.05, 0) is 47.9 Å². The van der Waals surface area contributed by atoms with Crippen molar-refractivity contribution in [3.63, 3.8) is 0 Å². The van der Waals surface area contributed by atoms with Crippen molar-refractivity contribution in [3.8, 4) is 0 Å². The molecule has 3 aromatic rings. The Morgan fingerprint density at radius 1 is 1.03 bits per heavy atom. The molecule has 2 aliphatic rings. The number of benzene rings is 1. The standard InChI is InChI=1S/C20H15F3N6S/c21-20(22,23)12-1-3-13(4-2-12)26-19-27-16-7-8-30-17(16)18(28-19)25-14-5-6-15-11(9-14)10-24-29-15/h1-11,15,29H,(H2,25,26,27,28). The highest BCUT2D eigenvalue weighted by atomic mass is 32.1. The van der Waals surface area contributed by atoms with Crippen LogP contribution in [-0.4, -0.2) is 22.2 Å². The fraction of sp³-hybridized carbons (Fsp3) is 0.150. The highest BCUT2D eigenvalue weighted by Crippen LogP contribution is 2.32. The van der Waals surface area contributed by atoms with Crippen LogP contribution in [0.15, 0.2) is 64.7 Å². The van der Waals surface area contributed by atoms with Gasteiger partial charge >= 0.3 is 6.18 Å². The number of hydrogen-bond donors (Lipinski definition) is 3. The Morgan fingerprint density at radius 3 is 2.67 bits per heavy atom. The predicted octanol–water partition coefficient (Wildman–Crippen LogP) is 4.89. The van der Waals surface area contributed by atoms with Crippen molar-refractivity contribution in [2.45, 2.75) is 12.2 Å². The van der Waals surface area contributed by atoms with Crippen LogP contribution in [0, 0.1) is 5.92 Å². The van der Waals surface area contributed by atoms with Gasteiger partial charge in [-0.25, -0.2) is 4.98 Å². The zero-order valence-electron chi connectivity index (χ0n) is 15.3. The Bertz CT molecular complexity index is 1180. The fourth-order valence-corrected chi connectivity index (χ4v) is 4.05. The third-order valence-corrected chi connectivity index (χ3v) is 5.69. The summed E-state index contributed by atoms with van der Waals surface area (Å²) in [5, 5.41) is 12.3. The van der Waals surface area contributed by atoms with Gasteiger partial charge in [0.05, 0.1) is 21.8 Å². The molecule has 0 amide bonds. The third kappa shape index (κ3) is 3.61. The van der Waals surface area contributed by atoms with Crippen LogP contribution in [0.3, 0.4) is 0 Å². The largest absolute Gasteiger partial charge is 0.416 e. The number of anilines is 3.